The highest BCUT2D eigenvalue weighted by molar-refractivity contribution is 5.76. The molecule has 0 aromatic rings. The quantitative estimate of drug-likeness (QED) is 0.0195. The summed E-state index contributed by atoms with van der Waals surface area (Å²) in [5.41, 5.74) is 0. The van der Waals surface area contributed by atoms with Gasteiger partial charge in [0.1, 0.15) is 24.4 Å². The molecule has 6 N–H and O–H groups in total. The second-order valence-corrected chi connectivity index (χ2v) is 26.7. The third-order valence-corrected chi connectivity index (χ3v) is 18.1. The van der Waals surface area contributed by atoms with Crippen molar-refractivity contribution in [3.8, 4) is 0 Å². The summed E-state index contributed by atoms with van der Waals surface area (Å²) >= 11 is 0. The van der Waals surface area contributed by atoms with E-state index in [-0.39, 0.29) is 18.5 Å². The Labute approximate surface area is 548 Å². The van der Waals surface area contributed by atoms with E-state index in [1.165, 1.54) is 283 Å². The molecule has 1 heterocycles. The molecule has 1 fully saturated rings. The third kappa shape index (κ3) is 55.8. The zero-order chi connectivity index (χ0) is 64.4. The fraction of sp³-hybridized carbons (Fsp3) is 0.872. The molecule has 0 aromatic heterocycles. The van der Waals surface area contributed by atoms with Crippen LogP contribution in [0.25, 0.3) is 0 Å². The normalized spacial score (nSPS) is 17.9. The van der Waals surface area contributed by atoms with Gasteiger partial charge in [-0.15, -0.1) is 0 Å². The maximum Gasteiger partial charge on any atom is 0.305 e. The average molecular weight is 1260 g/mol. The van der Waals surface area contributed by atoms with E-state index in [1.54, 1.807) is 6.08 Å². The third-order valence-electron chi connectivity index (χ3n) is 18.1. The van der Waals surface area contributed by atoms with Crippen molar-refractivity contribution in [1.82, 2.24) is 5.32 Å². The maximum absolute atomic E-state index is 13.1. The van der Waals surface area contributed by atoms with Crippen molar-refractivity contribution in [1.29, 1.82) is 0 Å². The van der Waals surface area contributed by atoms with Gasteiger partial charge < -0.3 is 45.1 Å². The molecule has 89 heavy (non-hydrogen) atoms. The SMILES string of the molecule is CCCCC/C=C/CC/C=C/CC/C=C/C(O)C(COC1OC(CO)C(O)C(O)C1O)NC(=O)CCCCCCCCCCCCCCCCCCC/C=C\CCCCCCCCCCCCCCCCCCOC(=O)CCCCCCCCCCCCC. The lowest BCUT2D eigenvalue weighted by Crippen LogP contribution is -2.60. The van der Waals surface area contributed by atoms with Crippen LogP contribution in [0.1, 0.15) is 373 Å². The second kappa shape index (κ2) is 67.1. The van der Waals surface area contributed by atoms with Crippen LogP contribution >= 0.6 is 0 Å². The summed E-state index contributed by atoms with van der Waals surface area (Å²) in [6, 6.07) is -0.832. The van der Waals surface area contributed by atoms with Gasteiger partial charge in [-0.1, -0.05) is 326 Å². The summed E-state index contributed by atoms with van der Waals surface area (Å²) in [7, 11) is 0. The van der Waals surface area contributed by atoms with Gasteiger partial charge in [0.25, 0.3) is 0 Å². The van der Waals surface area contributed by atoms with Gasteiger partial charge in [0.15, 0.2) is 6.29 Å². The van der Waals surface area contributed by atoms with E-state index in [9.17, 15) is 35.1 Å². The van der Waals surface area contributed by atoms with E-state index in [1.807, 2.05) is 6.08 Å². The lowest BCUT2D eigenvalue weighted by molar-refractivity contribution is -0.302. The summed E-state index contributed by atoms with van der Waals surface area (Å²) in [5, 5.41) is 54.5. The van der Waals surface area contributed by atoms with E-state index in [0.29, 0.717) is 19.4 Å². The summed E-state index contributed by atoms with van der Waals surface area (Å²) < 4.78 is 16.7. The largest absolute Gasteiger partial charge is 0.466 e. The van der Waals surface area contributed by atoms with Crippen molar-refractivity contribution >= 4 is 11.9 Å². The highest BCUT2D eigenvalue weighted by Gasteiger charge is 2.44. The summed E-state index contributed by atoms with van der Waals surface area (Å²) in [5.74, 6) is -0.177. The number of aliphatic hydroxyl groups is 5. The van der Waals surface area contributed by atoms with Crippen LogP contribution in [0.2, 0.25) is 0 Å². The number of allylic oxidation sites excluding steroid dienone is 7. The van der Waals surface area contributed by atoms with Crippen molar-refractivity contribution in [3.63, 3.8) is 0 Å². The standard InChI is InChI=1S/C78H145NO10/c1-3-5-7-9-11-13-15-41-45-48-52-56-60-64-71(81)70(69-88-78-77(86)76(85)75(84)72(68-80)89-78)79-73(82)65-61-57-53-49-46-42-39-37-35-33-31-29-27-25-23-21-19-17-16-18-20-22-24-26-28-30-32-34-36-38-40-43-47-51-55-59-63-67-87-74(83)66-62-58-54-50-44-14-12-10-8-6-4-2/h11,13,16,18,45,48,60,64,70-72,75-78,80-81,84-86H,3-10,12,14-15,17,19-44,46-47,49-59,61-63,65-69H2,1-2H3,(H,79,82)/b13-11+,18-16-,48-45+,64-60+. The molecule has 0 aliphatic carbocycles. The van der Waals surface area contributed by atoms with Crippen LogP contribution in [0, 0.1) is 0 Å². The number of unbranched alkanes of at least 4 members (excludes halogenated alkanes) is 48. The van der Waals surface area contributed by atoms with Crippen LogP contribution in [-0.4, -0.2) is 100 Å². The Balaban J connectivity index is 1.92. The lowest BCUT2D eigenvalue weighted by Gasteiger charge is -2.40. The fourth-order valence-corrected chi connectivity index (χ4v) is 12.1. The van der Waals surface area contributed by atoms with Gasteiger partial charge >= 0.3 is 5.97 Å². The van der Waals surface area contributed by atoms with E-state index < -0.39 is 49.5 Å². The minimum Gasteiger partial charge on any atom is -0.466 e. The molecule has 522 valence electrons. The molecule has 1 aliphatic heterocycles. The molecule has 1 amide bonds. The smallest absolute Gasteiger partial charge is 0.305 e. The molecular weight excluding hydrogens is 1110 g/mol. The van der Waals surface area contributed by atoms with Gasteiger partial charge in [-0.25, -0.2) is 0 Å². The molecule has 7 unspecified atom stereocenters. The topological polar surface area (TPSA) is 175 Å². The number of carbonyl (C=O) groups excluding carboxylic acids is 2. The van der Waals surface area contributed by atoms with Crippen molar-refractivity contribution in [2.24, 2.45) is 0 Å². The van der Waals surface area contributed by atoms with Gasteiger partial charge in [-0.05, 0) is 83.5 Å². The monoisotopic (exact) mass is 1260 g/mol. The Bertz CT molecular complexity index is 1620. The van der Waals surface area contributed by atoms with Crippen LogP contribution in [0.4, 0.5) is 0 Å². The molecule has 0 spiro atoms. The number of esters is 1. The maximum atomic E-state index is 13.1. The Morgan fingerprint density at radius 2 is 0.730 bits per heavy atom. The molecule has 1 aliphatic rings. The minimum atomic E-state index is -1.58. The number of rotatable bonds is 68. The number of carbonyl (C=O) groups is 2. The number of aliphatic hydroxyl groups excluding tert-OH is 5. The molecule has 0 saturated carbocycles. The fourth-order valence-electron chi connectivity index (χ4n) is 12.1. The van der Waals surface area contributed by atoms with Crippen molar-refractivity contribution in [3.05, 3.63) is 48.6 Å². The molecule has 0 bridgehead atoms. The molecule has 11 heteroatoms. The van der Waals surface area contributed by atoms with E-state index in [4.69, 9.17) is 14.2 Å². The van der Waals surface area contributed by atoms with Gasteiger partial charge in [-0.2, -0.15) is 0 Å². The van der Waals surface area contributed by atoms with Gasteiger partial charge in [0.05, 0.1) is 32.0 Å². The second-order valence-electron chi connectivity index (χ2n) is 26.7. The Morgan fingerprint density at radius 3 is 1.13 bits per heavy atom. The average Bonchev–Trinajstić information content (AvgIpc) is 2.53. The molecule has 0 radical (unpaired) electrons. The predicted octanol–water partition coefficient (Wildman–Crippen LogP) is 20.3. The van der Waals surface area contributed by atoms with E-state index in [0.717, 1.165) is 64.2 Å². The van der Waals surface area contributed by atoms with Crippen LogP contribution in [0.5, 0.6) is 0 Å². The van der Waals surface area contributed by atoms with E-state index in [2.05, 4.69) is 55.6 Å². The molecule has 11 nitrogen and oxygen atoms in total. The Morgan fingerprint density at radius 1 is 0.404 bits per heavy atom. The molecule has 1 saturated heterocycles. The van der Waals surface area contributed by atoms with Crippen molar-refractivity contribution < 1.29 is 49.3 Å². The van der Waals surface area contributed by atoms with Gasteiger partial charge in [-0.3, -0.25) is 9.59 Å². The Hall–Kier alpha value is -2.38. The van der Waals surface area contributed by atoms with Gasteiger partial charge in [0, 0.05) is 12.8 Å². The lowest BCUT2D eigenvalue weighted by atomic mass is 9.99. The summed E-state index contributed by atoms with van der Waals surface area (Å²) in [6.45, 7) is 4.33. The highest BCUT2D eigenvalue weighted by atomic mass is 16.7. The van der Waals surface area contributed by atoms with Crippen molar-refractivity contribution in [2.75, 3.05) is 19.8 Å². The first-order valence-electron chi connectivity index (χ1n) is 38.4. The Kier molecular flexibility index (Phi) is 63.8. The molecule has 1 rings (SSSR count). The van der Waals surface area contributed by atoms with Crippen LogP contribution in [0.3, 0.4) is 0 Å². The zero-order valence-electron chi connectivity index (χ0n) is 58.2. The number of nitrogens with one attached hydrogen (secondary N) is 1. The first kappa shape index (κ1) is 84.6. The summed E-state index contributed by atoms with van der Waals surface area (Å²) in [4.78, 5) is 25.1. The zero-order valence-corrected chi connectivity index (χ0v) is 58.2. The van der Waals surface area contributed by atoms with Crippen molar-refractivity contribution in [2.45, 2.75) is 416 Å². The summed E-state index contributed by atoms with van der Waals surface area (Å²) in [6.07, 6.45) is 78.5. The van der Waals surface area contributed by atoms with Gasteiger partial charge in [0.2, 0.25) is 5.91 Å². The number of amides is 1. The van der Waals surface area contributed by atoms with Crippen LogP contribution in [0.15, 0.2) is 48.6 Å². The predicted molar refractivity (Wildman–Crippen MR) is 375 cm³/mol. The van der Waals surface area contributed by atoms with Crippen LogP contribution in [-0.2, 0) is 23.8 Å². The van der Waals surface area contributed by atoms with E-state index >= 15 is 0 Å². The highest BCUT2D eigenvalue weighted by Crippen LogP contribution is 2.24. The molecule has 7 atom stereocenters. The minimum absolute atomic E-state index is 0.0149. The molecule has 0 aromatic carbocycles. The molecular formula is C78H145NO10. The first-order chi connectivity index (χ1) is 43.7. The number of hydrogen-bond donors (Lipinski definition) is 6. The van der Waals surface area contributed by atoms with Crippen LogP contribution < -0.4 is 5.32 Å². The first-order valence-corrected chi connectivity index (χ1v) is 38.4. The number of ether oxygens (including phenoxy) is 3. The number of hydrogen-bond acceptors (Lipinski definition) is 10.